The summed E-state index contributed by atoms with van der Waals surface area (Å²) in [7, 11) is 1.59. The number of hydrogen-bond acceptors (Lipinski definition) is 1. The van der Waals surface area contributed by atoms with Gasteiger partial charge in [0.05, 0.1) is 5.56 Å². The first-order valence-electron chi connectivity index (χ1n) is 4.77. The third-order valence-corrected chi connectivity index (χ3v) is 2.25. The van der Waals surface area contributed by atoms with Crippen LogP contribution in [0.2, 0.25) is 0 Å². The average molecular weight is 251 g/mol. The lowest BCUT2D eigenvalue weighted by Crippen LogP contribution is -2.17. The molecule has 17 heavy (non-hydrogen) atoms. The molecule has 0 aliphatic heterocycles. The lowest BCUT2D eigenvalue weighted by atomic mass is 10.1. The van der Waals surface area contributed by atoms with Gasteiger partial charge in [-0.15, -0.1) is 0 Å². The van der Waals surface area contributed by atoms with E-state index in [-0.39, 0.29) is 6.04 Å². The molecule has 0 fully saturated rings. The topological polar surface area (TPSA) is 12.0 Å². The van der Waals surface area contributed by atoms with Crippen molar-refractivity contribution in [1.82, 2.24) is 5.32 Å². The van der Waals surface area contributed by atoms with E-state index in [2.05, 4.69) is 5.32 Å². The van der Waals surface area contributed by atoms with Crippen molar-refractivity contribution in [2.75, 3.05) is 7.05 Å². The lowest BCUT2D eigenvalue weighted by Gasteiger charge is -2.06. The number of nitrogens with one attached hydrogen (secondary N) is 1. The largest absolute Gasteiger partial charge is 0.314 e. The Morgan fingerprint density at radius 3 is 1.71 bits per heavy atom. The van der Waals surface area contributed by atoms with Gasteiger partial charge in [0, 0.05) is 6.04 Å². The molecule has 0 heterocycles. The Labute approximate surface area is 94.9 Å². The van der Waals surface area contributed by atoms with Crippen LogP contribution < -0.4 is 5.32 Å². The molecule has 1 atom stereocenters. The fourth-order valence-electron chi connectivity index (χ4n) is 1.10. The summed E-state index contributed by atoms with van der Waals surface area (Å²) >= 11 is 0. The molecule has 1 unspecified atom stereocenters. The molecule has 0 saturated carbocycles. The Hall–Kier alpha value is -1.43. The molecule has 0 aliphatic rings. The van der Waals surface area contributed by atoms with Crippen LogP contribution in [0, 0.1) is 29.1 Å². The monoisotopic (exact) mass is 251 g/mol. The van der Waals surface area contributed by atoms with Crippen LogP contribution in [0.25, 0.3) is 6.08 Å². The van der Waals surface area contributed by atoms with Gasteiger partial charge in [-0.05, 0) is 14.0 Å². The van der Waals surface area contributed by atoms with Crippen LogP contribution in [0.3, 0.4) is 0 Å². The van der Waals surface area contributed by atoms with Gasteiger partial charge in [-0.2, -0.15) is 0 Å². The zero-order chi connectivity index (χ0) is 13.2. The van der Waals surface area contributed by atoms with Crippen LogP contribution in [0.5, 0.6) is 0 Å². The molecule has 0 saturated heterocycles. The number of halogens is 5. The van der Waals surface area contributed by atoms with Crippen LogP contribution >= 0.6 is 0 Å². The minimum atomic E-state index is -2.15. The Bertz CT molecular complexity index is 427. The van der Waals surface area contributed by atoms with Crippen LogP contribution in [0.15, 0.2) is 6.08 Å². The molecule has 0 radical (unpaired) electrons. The number of benzene rings is 1. The minimum absolute atomic E-state index is 0.259. The first kappa shape index (κ1) is 13.6. The van der Waals surface area contributed by atoms with Crippen molar-refractivity contribution in [3.63, 3.8) is 0 Å². The highest BCUT2D eigenvalue weighted by Gasteiger charge is 2.24. The van der Waals surface area contributed by atoms with Crippen LogP contribution in [-0.4, -0.2) is 13.1 Å². The predicted octanol–water partition coefficient (Wildman–Crippen LogP) is 3.00. The molecule has 1 aromatic carbocycles. The van der Waals surface area contributed by atoms with E-state index in [0.717, 1.165) is 6.08 Å². The molecule has 0 spiro atoms. The predicted molar refractivity (Wildman–Crippen MR) is 53.8 cm³/mol. The fraction of sp³-hybridized carbons (Fsp3) is 0.273. The van der Waals surface area contributed by atoms with Crippen molar-refractivity contribution >= 4 is 6.08 Å². The van der Waals surface area contributed by atoms with Crippen molar-refractivity contribution in [3.8, 4) is 0 Å². The second-order valence-electron chi connectivity index (χ2n) is 3.42. The van der Waals surface area contributed by atoms with E-state index in [1.54, 1.807) is 14.0 Å². The molecule has 1 N–H and O–H groups in total. The van der Waals surface area contributed by atoms with Crippen LogP contribution in [0.1, 0.15) is 12.5 Å². The van der Waals surface area contributed by atoms with Crippen LogP contribution in [0.4, 0.5) is 22.0 Å². The maximum atomic E-state index is 13.2. The third kappa shape index (κ3) is 2.63. The van der Waals surface area contributed by atoms with E-state index in [9.17, 15) is 22.0 Å². The summed E-state index contributed by atoms with van der Waals surface area (Å²) in [5, 5.41) is 2.72. The van der Waals surface area contributed by atoms with Gasteiger partial charge in [0.25, 0.3) is 0 Å². The van der Waals surface area contributed by atoms with Gasteiger partial charge in [0.15, 0.2) is 23.3 Å². The Morgan fingerprint density at radius 2 is 1.29 bits per heavy atom. The average Bonchev–Trinajstić information content (AvgIpc) is 2.33. The molecular formula is C11H10F5N. The second kappa shape index (κ2) is 5.27. The summed E-state index contributed by atoms with van der Waals surface area (Å²) in [5.41, 5.74) is -0.941. The second-order valence-corrected chi connectivity index (χ2v) is 3.42. The van der Waals surface area contributed by atoms with Gasteiger partial charge in [-0.1, -0.05) is 12.2 Å². The summed E-state index contributed by atoms with van der Waals surface area (Å²) in [5.74, 6) is -9.71. The molecule has 94 valence electrons. The molecule has 1 rings (SSSR count). The third-order valence-electron chi connectivity index (χ3n) is 2.25. The first-order chi connectivity index (χ1) is 7.90. The summed E-state index contributed by atoms with van der Waals surface area (Å²) < 4.78 is 64.6. The van der Waals surface area contributed by atoms with E-state index in [1.807, 2.05) is 0 Å². The molecule has 0 bridgehead atoms. The number of rotatable bonds is 3. The standard InChI is InChI=1S/C11H10F5N/c1-5(17-2)3-4-6-7(12)9(14)11(16)10(15)8(6)13/h3-5,17H,1-2H3/b4-3+. The van der Waals surface area contributed by atoms with Crippen LogP contribution in [-0.2, 0) is 0 Å². The van der Waals surface area contributed by atoms with E-state index in [0.29, 0.717) is 0 Å². The highest BCUT2D eigenvalue weighted by molar-refractivity contribution is 5.52. The zero-order valence-electron chi connectivity index (χ0n) is 9.12. The highest BCUT2D eigenvalue weighted by atomic mass is 19.2. The molecular weight excluding hydrogens is 241 g/mol. The van der Waals surface area contributed by atoms with E-state index < -0.39 is 34.6 Å². The summed E-state index contributed by atoms with van der Waals surface area (Å²) in [6.45, 7) is 1.66. The van der Waals surface area contributed by atoms with Gasteiger partial charge in [-0.3, -0.25) is 0 Å². The molecule has 1 nitrogen and oxygen atoms in total. The van der Waals surface area contributed by atoms with Gasteiger partial charge < -0.3 is 5.32 Å². The Kier molecular flexibility index (Phi) is 4.22. The number of hydrogen-bond donors (Lipinski definition) is 1. The fourth-order valence-corrected chi connectivity index (χ4v) is 1.10. The van der Waals surface area contributed by atoms with Gasteiger partial charge in [-0.25, -0.2) is 22.0 Å². The molecule has 0 aromatic heterocycles. The summed E-state index contributed by atoms with van der Waals surface area (Å²) in [4.78, 5) is 0. The zero-order valence-corrected chi connectivity index (χ0v) is 9.12. The van der Waals surface area contributed by atoms with Gasteiger partial charge in [0.2, 0.25) is 5.82 Å². The summed E-state index contributed by atoms with van der Waals surface area (Å²) in [6.07, 6.45) is 2.15. The van der Waals surface area contributed by atoms with Crippen molar-refractivity contribution in [2.24, 2.45) is 0 Å². The Morgan fingerprint density at radius 1 is 0.882 bits per heavy atom. The molecule has 0 aliphatic carbocycles. The van der Waals surface area contributed by atoms with Crippen molar-refractivity contribution < 1.29 is 22.0 Å². The molecule has 0 amide bonds. The smallest absolute Gasteiger partial charge is 0.200 e. The highest BCUT2D eigenvalue weighted by Crippen LogP contribution is 2.23. The van der Waals surface area contributed by atoms with E-state index in [4.69, 9.17) is 0 Å². The number of likely N-dealkylation sites (N-methyl/N-ethyl adjacent to an activating group) is 1. The van der Waals surface area contributed by atoms with Gasteiger partial charge in [0.1, 0.15) is 0 Å². The van der Waals surface area contributed by atoms with Crippen molar-refractivity contribution in [3.05, 3.63) is 40.7 Å². The molecule has 6 heteroatoms. The SMILES string of the molecule is CNC(C)/C=C/c1c(F)c(F)c(F)c(F)c1F. The van der Waals surface area contributed by atoms with E-state index in [1.165, 1.54) is 6.08 Å². The lowest BCUT2D eigenvalue weighted by molar-refractivity contribution is 0.377. The van der Waals surface area contributed by atoms with Crippen molar-refractivity contribution in [2.45, 2.75) is 13.0 Å². The molecule has 1 aromatic rings. The summed E-state index contributed by atoms with van der Waals surface area (Å²) in [6, 6.07) is -0.259. The van der Waals surface area contributed by atoms with Crippen molar-refractivity contribution in [1.29, 1.82) is 0 Å². The maximum Gasteiger partial charge on any atom is 0.200 e. The first-order valence-corrected chi connectivity index (χ1v) is 4.77. The Balaban J connectivity index is 3.30. The van der Waals surface area contributed by atoms with E-state index >= 15 is 0 Å². The maximum absolute atomic E-state index is 13.2. The normalized spacial score (nSPS) is 13.4. The quantitative estimate of drug-likeness (QED) is 0.494. The minimum Gasteiger partial charge on any atom is -0.314 e. The van der Waals surface area contributed by atoms with Gasteiger partial charge >= 0.3 is 0 Å².